The predicted molar refractivity (Wildman–Crippen MR) is 128 cm³/mol. The smallest absolute Gasteiger partial charge is 0.443 e. The van der Waals surface area contributed by atoms with Crippen molar-refractivity contribution in [2.75, 3.05) is 13.2 Å². The van der Waals surface area contributed by atoms with Gasteiger partial charge in [-0.05, 0) is 41.8 Å². The van der Waals surface area contributed by atoms with Gasteiger partial charge < -0.3 is 19.3 Å². The van der Waals surface area contributed by atoms with Crippen LogP contribution in [0.3, 0.4) is 0 Å². The fourth-order valence-electron chi connectivity index (χ4n) is 4.43. The number of aromatic nitrogens is 3. The number of thiazole rings is 1. The first kappa shape index (κ1) is 24.8. The summed E-state index contributed by atoms with van der Waals surface area (Å²) in [5.41, 5.74) is 3.14. The minimum absolute atomic E-state index is 0.1000. The molecule has 1 amide bonds. The monoisotopic (exact) mass is 530 g/mol. The summed E-state index contributed by atoms with van der Waals surface area (Å²) in [6, 6.07) is 10.3. The second kappa shape index (κ2) is 9.85. The van der Waals surface area contributed by atoms with Crippen molar-refractivity contribution in [1.29, 1.82) is 0 Å². The molecule has 5 rings (SSSR count). The van der Waals surface area contributed by atoms with Gasteiger partial charge in [0.05, 0.1) is 19.5 Å². The van der Waals surface area contributed by atoms with Gasteiger partial charge in [0.2, 0.25) is 0 Å². The molecule has 4 heterocycles. The Labute approximate surface area is 212 Å². The minimum Gasteiger partial charge on any atom is -0.484 e. The summed E-state index contributed by atoms with van der Waals surface area (Å²) < 4.78 is 46.7. The molecule has 1 N–H and O–H groups in total. The van der Waals surface area contributed by atoms with Gasteiger partial charge in [-0.3, -0.25) is 9.59 Å². The van der Waals surface area contributed by atoms with Crippen LogP contribution in [0.1, 0.15) is 26.7 Å². The first-order chi connectivity index (χ1) is 17.7. The number of rotatable bonds is 7. The second-order valence-electron chi connectivity index (χ2n) is 8.58. The lowest BCUT2D eigenvalue weighted by atomic mass is 10.0. The highest BCUT2D eigenvalue weighted by Crippen LogP contribution is 2.35. The molecule has 3 aromatic heterocycles. The third kappa shape index (κ3) is 5.29. The number of fused-ring (bicyclic) bond motifs is 3. The highest BCUT2D eigenvalue weighted by atomic mass is 32.1. The second-order valence-corrected chi connectivity index (χ2v) is 9.70. The van der Waals surface area contributed by atoms with Crippen molar-refractivity contribution in [2.24, 2.45) is 0 Å². The number of amides is 1. The quantitative estimate of drug-likeness (QED) is 0.386. The number of pyridine rings is 1. The highest BCUT2D eigenvalue weighted by Gasteiger charge is 2.35. The Bertz CT molecular complexity index is 1460. The third-order valence-corrected chi connectivity index (χ3v) is 7.14. The van der Waals surface area contributed by atoms with Gasteiger partial charge in [-0.2, -0.15) is 13.2 Å². The van der Waals surface area contributed by atoms with E-state index in [4.69, 9.17) is 9.84 Å². The standard InChI is InChI=1S/C25H21F3N4O4S/c26-25(27,28)24-30-11-17(37-24)12-32-20-13-31(9-7-18(20)19-2-1-8-29-23(19)32)21(33)14-36-16-5-3-15(4-6-16)10-22(34)35/h1-6,8,11H,7,9-10,12-14H2,(H,34,35). The zero-order valence-corrected chi connectivity index (χ0v) is 20.2. The fraction of sp³-hybridized carbons (Fsp3) is 0.280. The normalized spacial score (nSPS) is 13.5. The fourth-order valence-corrected chi connectivity index (χ4v) is 5.19. The van der Waals surface area contributed by atoms with Crippen molar-refractivity contribution in [3.63, 3.8) is 0 Å². The van der Waals surface area contributed by atoms with Gasteiger partial charge in [-0.15, -0.1) is 11.3 Å². The van der Waals surface area contributed by atoms with Crippen molar-refractivity contribution in [3.05, 3.63) is 75.5 Å². The number of aliphatic carboxylic acids is 1. The van der Waals surface area contributed by atoms with Gasteiger partial charge >= 0.3 is 12.1 Å². The Kier molecular flexibility index (Phi) is 6.59. The summed E-state index contributed by atoms with van der Waals surface area (Å²) in [6.45, 7) is 0.712. The van der Waals surface area contributed by atoms with E-state index in [-0.39, 0.29) is 32.0 Å². The van der Waals surface area contributed by atoms with Crippen LogP contribution in [0.15, 0.2) is 48.8 Å². The van der Waals surface area contributed by atoms with Gasteiger partial charge in [0.15, 0.2) is 11.6 Å². The van der Waals surface area contributed by atoms with E-state index in [2.05, 4.69) is 9.97 Å². The molecule has 0 fully saturated rings. The maximum atomic E-state index is 13.1. The topological polar surface area (TPSA) is 97.6 Å². The zero-order chi connectivity index (χ0) is 26.2. The molecule has 1 aliphatic heterocycles. The molecule has 8 nitrogen and oxygen atoms in total. The van der Waals surface area contributed by atoms with E-state index in [9.17, 15) is 22.8 Å². The number of carboxylic acid groups (broad SMARTS) is 1. The third-order valence-electron chi connectivity index (χ3n) is 6.12. The van der Waals surface area contributed by atoms with Crippen LogP contribution in [-0.4, -0.2) is 49.6 Å². The molecule has 0 saturated carbocycles. The number of carbonyl (C=O) groups is 2. The number of ether oxygens (including phenoxy) is 1. The molecule has 0 spiro atoms. The summed E-state index contributed by atoms with van der Waals surface area (Å²) in [6.07, 6.45) is -1.15. The Morgan fingerprint density at radius 3 is 2.62 bits per heavy atom. The average molecular weight is 531 g/mol. The first-order valence-electron chi connectivity index (χ1n) is 11.4. The van der Waals surface area contributed by atoms with Crippen LogP contribution in [0.25, 0.3) is 11.0 Å². The molecular weight excluding hydrogens is 509 g/mol. The maximum Gasteiger partial charge on any atom is 0.443 e. The first-order valence-corrected chi connectivity index (χ1v) is 12.2. The molecule has 4 aromatic rings. The molecule has 0 atom stereocenters. The summed E-state index contributed by atoms with van der Waals surface area (Å²) >= 11 is 0.596. The van der Waals surface area contributed by atoms with E-state index < -0.39 is 17.2 Å². The number of halogens is 3. The lowest BCUT2D eigenvalue weighted by Gasteiger charge is -2.28. The molecular formula is C25H21F3N4O4S. The van der Waals surface area contributed by atoms with E-state index in [1.54, 1.807) is 35.4 Å². The van der Waals surface area contributed by atoms with Crippen molar-refractivity contribution < 1.29 is 32.6 Å². The van der Waals surface area contributed by atoms with Gasteiger partial charge in [-0.25, -0.2) is 9.97 Å². The number of benzene rings is 1. The van der Waals surface area contributed by atoms with Crippen LogP contribution in [-0.2, 0) is 41.7 Å². The highest BCUT2D eigenvalue weighted by molar-refractivity contribution is 7.11. The summed E-state index contributed by atoms with van der Waals surface area (Å²) in [4.78, 5) is 33.9. The number of hydrogen-bond acceptors (Lipinski definition) is 6. The Morgan fingerprint density at radius 1 is 1.14 bits per heavy atom. The van der Waals surface area contributed by atoms with E-state index in [1.165, 1.54) is 6.20 Å². The molecule has 0 radical (unpaired) electrons. The predicted octanol–water partition coefficient (Wildman–Crippen LogP) is 4.15. The van der Waals surface area contributed by atoms with Gasteiger partial charge in [0.1, 0.15) is 11.4 Å². The summed E-state index contributed by atoms with van der Waals surface area (Å²) in [7, 11) is 0. The van der Waals surface area contributed by atoms with Crippen molar-refractivity contribution in [2.45, 2.75) is 32.1 Å². The molecule has 0 aliphatic carbocycles. The van der Waals surface area contributed by atoms with E-state index in [1.807, 2.05) is 16.7 Å². The maximum absolute atomic E-state index is 13.1. The number of carboxylic acids is 1. The minimum atomic E-state index is -4.50. The lowest BCUT2D eigenvalue weighted by molar-refractivity contribution is -0.138. The van der Waals surface area contributed by atoms with Crippen LogP contribution in [0.4, 0.5) is 13.2 Å². The Balaban J connectivity index is 1.33. The molecule has 1 aliphatic rings. The Hall–Kier alpha value is -3.93. The Morgan fingerprint density at radius 2 is 1.92 bits per heavy atom. The van der Waals surface area contributed by atoms with Gasteiger partial charge in [-0.1, -0.05) is 12.1 Å². The molecule has 12 heteroatoms. The van der Waals surface area contributed by atoms with Crippen molar-refractivity contribution >= 4 is 34.2 Å². The van der Waals surface area contributed by atoms with Crippen LogP contribution in [0, 0.1) is 0 Å². The van der Waals surface area contributed by atoms with Crippen LogP contribution >= 0.6 is 11.3 Å². The van der Waals surface area contributed by atoms with E-state index in [0.717, 1.165) is 16.6 Å². The van der Waals surface area contributed by atoms with Crippen molar-refractivity contribution in [3.8, 4) is 5.75 Å². The molecule has 0 bridgehead atoms. The number of carbonyl (C=O) groups excluding carboxylic acids is 1. The molecule has 1 aromatic carbocycles. The molecule has 0 unspecified atom stereocenters. The van der Waals surface area contributed by atoms with Crippen LogP contribution < -0.4 is 4.74 Å². The van der Waals surface area contributed by atoms with E-state index >= 15 is 0 Å². The SMILES string of the molecule is O=C(O)Cc1ccc(OCC(=O)N2CCc3c(n(Cc4cnc(C(F)(F)F)s4)c4ncccc34)C2)cc1. The number of hydrogen-bond donors (Lipinski definition) is 1. The summed E-state index contributed by atoms with van der Waals surface area (Å²) in [5.74, 6) is -0.719. The van der Waals surface area contributed by atoms with Crippen LogP contribution in [0.2, 0.25) is 0 Å². The van der Waals surface area contributed by atoms with Gasteiger partial charge in [0, 0.05) is 34.9 Å². The molecule has 0 saturated heterocycles. The number of nitrogens with zero attached hydrogens (tertiary/aromatic N) is 4. The number of alkyl halides is 3. The molecule has 192 valence electrons. The van der Waals surface area contributed by atoms with Crippen molar-refractivity contribution in [1.82, 2.24) is 19.4 Å². The summed E-state index contributed by atoms with van der Waals surface area (Å²) in [5, 5.41) is 8.90. The molecule has 37 heavy (non-hydrogen) atoms. The van der Waals surface area contributed by atoms with E-state index in [0.29, 0.717) is 46.1 Å². The zero-order valence-electron chi connectivity index (χ0n) is 19.4. The van der Waals surface area contributed by atoms with Crippen LogP contribution in [0.5, 0.6) is 5.75 Å². The van der Waals surface area contributed by atoms with Gasteiger partial charge in [0.25, 0.3) is 5.91 Å². The largest absolute Gasteiger partial charge is 0.484 e. The lowest BCUT2D eigenvalue weighted by Crippen LogP contribution is -2.39. The average Bonchev–Trinajstić information content (AvgIpc) is 3.47.